The van der Waals surface area contributed by atoms with Crippen molar-refractivity contribution >= 4 is 5.91 Å². The molecule has 3 heterocycles. The molecule has 3 rings (SSSR count). The zero-order chi connectivity index (χ0) is 15.5. The molecule has 0 aliphatic carbocycles. The van der Waals surface area contributed by atoms with Crippen LogP contribution in [0, 0.1) is 5.92 Å². The van der Waals surface area contributed by atoms with E-state index in [1.54, 1.807) is 0 Å². The number of piperidine rings is 1. The van der Waals surface area contributed by atoms with Crippen LogP contribution in [0.15, 0.2) is 12.4 Å². The molecule has 122 valence electrons. The molecule has 6 nitrogen and oxygen atoms in total. The maximum atomic E-state index is 12.7. The largest absolute Gasteiger partial charge is 0.353 e. The summed E-state index contributed by atoms with van der Waals surface area (Å²) in [6, 6.07) is 0.338. The standard InChI is InChI=1S/C16H27N5O/c1-3-21-6-4-13(5-7-21)19-16(22)15-10-17-9-14(15)12-8-18-20(2)11-12/h8,11,13-15,17H,3-7,9-10H2,1-2H3,(H,19,22)/t14-,15+/m1/s1. The fourth-order valence-corrected chi connectivity index (χ4v) is 3.64. The molecule has 0 saturated carbocycles. The molecule has 2 aliphatic heterocycles. The fraction of sp³-hybridized carbons (Fsp3) is 0.750. The summed E-state index contributed by atoms with van der Waals surface area (Å²) in [5, 5.41) is 10.9. The second kappa shape index (κ2) is 6.79. The summed E-state index contributed by atoms with van der Waals surface area (Å²) in [7, 11) is 1.92. The van der Waals surface area contributed by atoms with E-state index in [9.17, 15) is 4.79 Å². The zero-order valence-electron chi connectivity index (χ0n) is 13.6. The summed E-state index contributed by atoms with van der Waals surface area (Å²) in [5.74, 6) is 0.464. The molecular formula is C16H27N5O. The van der Waals surface area contributed by atoms with Crippen LogP contribution in [0.3, 0.4) is 0 Å². The third-order valence-electron chi connectivity index (χ3n) is 5.09. The van der Waals surface area contributed by atoms with E-state index in [1.807, 2.05) is 24.1 Å². The van der Waals surface area contributed by atoms with Crippen LogP contribution in [-0.2, 0) is 11.8 Å². The Kier molecular flexibility index (Phi) is 4.78. The van der Waals surface area contributed by atoms with Crippen molar-refractivity contribution in [2.24, 2.45) is 13.0 Å². The summed E-state index contributed by atoms with van der Waals surface area (Å²) in [5.41, 5.74) is 1.16. The lowest BCUT2D eigenvalue weighted by Crippen LogP contribution is -2.47. The highest BCUT2D eigenvalue weighted by Gasteiger charge is 2.35. The van der Waals surface area contributed by atoms with E-state index in [4.69, 9.17) is 0 Å². The minimum absolute atomic E-state index is 0.0217. The molecule has 0 spiro atoms. The third-order valence-corrected chi connectivity index (χ3v) is 5.09. The number of carbonyl (C=O) groups excluding carboxylic acids is 1. The average Bonchev–Trinajstić information content (AvgIpc) is 3.16. The number of carbonyl (C=O) groups is 1. The van der Waals surface area contributed by atoms with Gasteiger partial charge in [0, 0.05) is 51.4 Å². The van der Waals surface area contributed by atoms with Gasteiger partial charge in [-0.05, 0) is 24.9 Å². The molecule has 0 unspecified atom stereocenters. The topological polar surface area (TPSA) is 62.2 Å². The van der Waals surface area contributed by atoms with Crippen molar-refractivity contribution in [3.05, 3.63) is 18.0 Å². The number of hydrogen-bond donors (Lipinski definition) is 2. The normalized spacial score (nSPS) is 27.2. The zero-order valence-corrected chi connectivity index (χ0v) is 13.6. The first-order valence-corrected chi connectivity index (χ1v) is 8.39. The van der Waals surface area contributed by atoms with E-state index in [0.717, 1.165) is 51.1 Å². The number of likely N-dealkylation sites (tertiary alicyclic amines) is 1. The van der Waals surface area contributed by atoms with Crippen LogP contribution in [0.4, 0.5) is 0 Å². The van der Waals surface area contributed by atoms with Crippen LogP contribution >= 0.6 is 0 Å². The van der Waals surface area contributed by atoms with Gasteiger partial charge in [-0.25, -0.2) is 0 Å². The lowest BCUT2D eigenvalue weighted by Gasteiger charge is -2.32. The summed E-state index contributed by atoms with van der Waals surface area (Å²) < 4.78 is 1.81. The van der Waals surface area contributed by atoms with E-state index in [2.05, 4.69) is 27.6 Å². The van der Waals surface area contributed by atoms with Gasteiger partial charge >= 0.3 is 0 Å². The van der Waals surface area contributed by atoms with Crippen LogP contribution in [0.25, 0.3) is 0 Å². The summed E-state index contributed by atoms with van der Waals surface area (Å²) >= 11 is 0. The highest BCUT2D eigenvalue weighted by molar-refractivity contribution is 5.80. The highest BCUT2D eigenvalue weighted by Crippen LogP contribution is 2.28. The number of nitrogens with one attached hydrogen (secondary N) is 2. The van der Waals surface area contributed by atoms with Gasteiger partial charge in [-0.3, -0.25) is 9.48 Å². The van der Waals surface area contributed by atoms with Crippen LogP contribution in [0.1, 0.15) is 31.2 Å². The molecule has 2 aliphatic rings. The van der Waals surface area contributed by atoms with Crippen molar-refractivity contribution in [1.29, 1.82) is 0 Å². The molecule has 2 fully saturated rings. The average molecular weight is 305 g/mol. The maximum Gasteiger partial charge on any atom is 0.225 e. The maximum absolute atomic E-state index is 12.7. The predicted octanol–water partition coefficient (Wildman–Crippen LogP) is 0.324. The van der Waals surface area contributed by atoms with E-state index in [1.165, 1.54) is 0 Å². The molecule has 2 N–H and O–H groups in total. The Balaban J connectivity index is 1.57. The molecule has 2 saturated heterocycles. The van der Waals surface area contributed by atoms with E-state index in [0.29, 0.717) is 6.04 Å². The molecule has 0 bridgehead atoms. The predicted molar refractivity (Wildman–Crippen MR) is 85.6 cm³/mol. The number of nitrogens with zero attached hydrogens (tertiary/aromatic N) is 3. The third kappa shape index (κ3) is 3.33. The molecular weight excluding hydrogens is 278 g/mol. The minimum Gasteiger partial charge on any atom is -0.353 e. The Hall–Kier alpha value is -1.40. The van der Waals surface area contributed by atoms with Gasteiger partial charge in [0.05, 0.1) is 12.1 Å². The van der Waals surface area contributed by atoms with Gasteiger partial charge in [0.15, 0.2) is 0 Å². The monoisotopic (exact) mass is 305 g/mol. The summed E-state index contributed by atoms with van der Waals surface area (Å²) in [6.07, 6.45) is 6.05. The van der Waals surface area contributed by atoms with Gasteiger partial charge in [-0.2, -0.15) is 5.10 Å². The summed E-state index contributed by atoms with van der Waals surface area (Å²) in [4.78, 5) is 15.1. The van der Waals surface area contributed by atoms with Gasteiger partial charge in [-0.15, -0.1) is 0 Å². The van der Waals surface area contributed by atoms with Crippen LogP contribution in [-0.4, -0.2) is 59.4 Å². The van der Waals surface area contributed by atoms with Gasteiger partial charge in [0.25, 0.3) is 0 Å². The van der Waals surface area contributed by atoms with Crippen molar-refractivity contribution < 1.29 is 4.79 Å². The summed E-state index contributed by atoms with van der Waals surface area (Å²) in [6.45, 7) is 7.11. The Bertz CT molecular complexity index is 506. The van der Waals surface area contributed by atoms with Gasteiger partial charge in [0.2, 0.25) is 5.91 Å². The van der Waals surface area contributed by atoms with Gasteiger partial charge in [0.1, 0.15) is 0 Å². The molecule has 1 amide bonds. The fourth-order valence-electron chi connectivity index (χ4n) is 3.64. The van der Waals surface area contributed by atoms with Crippen molar-refractivity contribution in [3.63, 3.8) is 0 Å². The van der Waals surface area contributed by atoms with E-state index in [-0.39, 0.29) is 17.7 Å². The number of hydrogen-bond acceptors (Lipinski definition) is 4. The second-order valence-corrected chi connectivity index (χ2v) is 6.54. The molecule has 2 atom stereocenters. The minimum atomic E-state index is 0.0217. The molecule has 22 heavy (non-hydrogen) atoms. The first-order valence-electron chi connectivity index (χ1n) is 8.39. The van der Waals surface area contributed by atoms with Gasteiger partial charge in [-0.1, -0.05) is 6.92 Å². The van der Waals surface area contributed by atoms with Gasteiger partial charge < -0.3 is 15.5 Å². The van der Waals surface area contributed by atoms with E-state index < -0.39 is 0 Å². The lowest BCUT2D eigenvalue weighted by molar-refractivity contribution is -0.125. The molecule has 0 aromatic carbocycles. The van der Waals surface area contributed by atoms with Crippen molar-refractivity contribution in [2.45, 2.75) is 31.7 Å². The van der Waals surface area contributed by atoms with E-state index >= 15 is 0 Å². The van der Waals surface area contributed by atoms with Crippen molar-refractivity contribution in [2.75, 3.05) is 32.7 Å². The Labute approximate surface area is 132 Å². The number of aryl methyl sites for hydroxylation is 1. The van der Waals surface area contributed by atoms with Crippen LogP contribution in [0.5, 0.6) is 0 Å². The Morgan fingerprint density at radius 2 is 2.18 bits per heavy atom. The highest BCUT2D eigenvalue weighted by atomic mass is 16.2. The SMILES string of the molecule is CCN1CCC(NC(=O)[C@H]2CNC[C@@H]2c2cnn(C)c2)CC1. The molecule has 6 heteroatoms. The van der Waals surface area contributed by atoms with Crippen molar-refractivity contribution in [3.8, 4) is 0 Å². The van der Waals surface area contributed by atoms with Crippen LogP contribution in [0.2, 0.25) is 0 Å². The first-order chi connectivity index (χ1) is 10.7. The smallest absolute Gasteiger partial charge is 0.225 e. The molecule has 1 aromatic rings. The Morgan fingerprint density at radius 3 is 2.82 bits per heavy atom. The van der Waals surface area contributed by atoms with Crippen LogP contribution < -0.4 is 10.6 Å². The number of aromatic nitrogens is 2. The number of rotatable bonds is 4. The molecule has 1 aromatic heterocycles. The number of amides is 1. The second-order valence-electron chi connectivity index (χ2n) is 6.54. The lowest BCUT2D eigenvalue weighted by atomic mass is 9.89. The Morgan fingerprint density at radius 1 is 1.41 bits per heavy atom. The molecule has 0 radical (unpaired) electrons. The quantitative estimate of drug-likeness (QED) is 0.841. The first kappa shape index (κ1) is 15.5. The van der Waals surface area contributed by atoms with Crippen molar-refractivity contribution in [1.82, 2.24) is 25.3 Å².